The molecule has 8 aromatic rings. The van der Waals surface area contributed by atoms with Gasteiger partial charge in [-0.25, -0.2) is 19.4 Å². The van der Waals surface area contributed by atoms with E-state index in [1.165, 1.54) is 87.0 Å². The quantitative estimate of drug-likeness (QED) is 0.0387. The van der Waals surface area contributed by atoms with E-state index in [2.05, 4.69) is 0 Å². The number of nitrogens with zero attached hydrogens (tertiary/aromatic N) is 2. The number of phenols is 2. The fraction of sp³-hybridized carbons (Fsp3) is 0.138. The molecule has 4 N–H and O–H groups in total. The minimum absolute atomic E-state index is 0.0263. The molecule has 382 valence electrons. The third kappa shape index (κ3) is 9.52. The van der Waals surface area contributed by atoms with Gasteiger partial charge >= 0.3 is 11.9 Å². The molecular formula is C58H44N2O16. The Hall–Kier alpha value is -9.78. The summed E-state index contributed by atoms with van der Waals surface area (Å²) in [6.07, 6.45) is -2.58. The molecule has 2 atom stereocenters. The molecular weight excluding hydrogens is 981 g/mol. The number of amides is 4. The third-order valence-corrected chi connectivity index (χ3v) is 12.9. The van der Waals surface area contributed by atoms with Gasteiger partial charge in [0.25, 0.3) is 23.6 Å². The summed E-state index contributed by atoms with van der Waals surface area (Å²) >= 11 is 0. The van der Waals surface area contributed by atoms with Crippen LogP contribution in [0.15, 0.2) is 146 Å². The number of carbonyl (C=O) groups is 6. The van der Waals surface area contributed by atoms with Gasteiger partial charge in [0.05, 0.1) is 59.0 Å². The van der Waals surface area contributed by atoms with Crippen molar-refractivity contribution >= 4 is 68.5 Å². The van der Waals surface area contributed by atoms with Crippen molar-refractivity contribution in [3.63, 3.8) is 0 Å². The summed E-state index contributed by atoms with van der Waals surface area (Å²) in [5, 5.41) is 45.9. The number of phenolic OH excluding ortho intramolecular Hbond substituents is 2. The third-order valence-electron chi connectivity index (χ3n) is 12.9. The molecule has 2 aliphatic heterocycles. The Morgan fingerprint density at radius 3 is 1.63 bits per heavy atom. The van der Waals surface area contributed by atoms with Gasteiger partial charge in [-0.1, -0.05) is 54.6 Å². The van der Waals surface area contributed by atoms with Crippen molar-refractivity contribution in [1.29, 1.82) is 0 Å². The maximum absolute atomic E-state index is 13.4. The number of imide groups is 2. The average molecular weight is 1020 g/mol. The first-order valence-corrected chi connectivity index (χ1v) is 23.5. The van der Waals surface area contributed by atoms with E-state index in [4.69, 9.17) is 28.4 Å². The number of ether oxygens (including phenoxy) is 6. The predicted molar refractivity (Wildman–Crippen MR) is 274 cm³/mol. The molecule has 18 heteroatoms. The zero-order valence-corrected chi connectivity index (χ0v) is 40.4. The second kappa shape index (κ2) is 20.6. The van der Waals surface area contributed by atoms with Crippen molar-refractivity contribution in [2.24, 2.45) is 0 Å². The number of hydrogen-bond acceptors (Lipinski definition) is 16. The average Bonchev–Trinajstić information content (AvgIpc) is 3.87. The van der Waals surface area contributed by atoms with Gasteiger partial charge in [0.2, 0.25) is 6.29 Å². The lowest BCUT2D eigenvalue weighted by Gasteiger charge is -2.19. The van der Waals surface area contributed by atoms with Crippen LogP contribution in [0.4, 0.5) is 11.4 Å². The Labute approximate surface area is 432 Å². The molecule has 4 amide bonds. The van der Waals surface area contributed by atoms with Gasteiger partial charge < -0.3 is 48.8 Å². The first-order chi connectivity index (χ1) is 36.7. The number of carbonyl (C=O) groups excluding carboxylic acids is 6. The number of aliphatic hydroxyl groups is 2. The van der Waals surface area contributed by atoms with Crippen LogP contribution < -0.4 is 28.7 Å². The number of hydrogen-bond donors (Lipinski definition) is 4. The predicted octanol–water partition coefficient (Wildman–Crippen LogP) is 7.76. The van der Waals surface area contributed by atoms with E-state index in [1.54, 1.807) is 12.1 Å². The van der Waals surface area contributed by atoms with E-state index < -0.39 is 61.2 Å². The zero-order valence-electron chi connectivity index (χ0n) is 40.4. The molecule has 8 aromatic carbocycles. The molecule has 2 heterocycles. The Balaban J connectivity index is 0.777. The van der Waals surface area contributed by atoms with Crippen LogP contribution in [0, 0.1) is 0 Å². The number of aromatic hydroxyl groups is 2. The molecule has 18 nitrogen and oxygen atoms in total. The Bertz CT molecular complexity index is 3700. The van der Waals surface area contributed by atoms with Gasteiger partial charge in [-0.3, -0.25) is 19.2 Å². The number of esters is 2. The minimum atomic E-state index is -1.63. The van der Waals surface area contributed by atoms with Crippen molar-refractivity contribution in [3.05, 3.63) is 190 Å². The van der Waals surface area contributed by atoms with Gasteiger partial charge in [0, 0.05) is 24.1 Å². The first-order valence-electron chi connectivity index (χ1n) is 23.5. The van der Waals surface area contributed by atoms with Crippen molar-refractivity contribution < 1.29 is 77.6 Å². The van der Waals surface area contributed by atoms with Crippen LogP contribution in [0.5, 0.6) is 34.5 Å². The first kappa shape index (κ1) is 49.8. The van der Waals surface area contributed by atoms with E-state index in [0.29, 0.717) is 23.5 Å². The van der Waals surface area contributed by atoms with Gasteiger partial charge in [-0.2, -0.15) is 0 Å². The molecule has 2 aliphatic rings. The summed E-state index contributed by atoms with van der Waals surface area (Å²) < 4.78 is 32.9. The number of rotatable bonds is 17. The Morgan fingerprint density at radius 1 is 0.513 bits per heavy atom. The van der Waals surface area contributed by atoms with Crippen LogP contribution in [0.1, 0.15) is 73.3 Å². The molecule has 0 aliphatic carbocycles. The standard InChI is InChI=1S/C58H44N2O16/c1-71-50-20-14-36(25-47(50)62)59-53(65)41-17-11-34(23-45(41)55(59)67)57(69)74-29-38(61)28-73-39-16-10-32-7-5-8-33(43(32)27-39)22-44-40-9-4-3-6-31(40)13-19-49(44)76-52(64)30-75-58(70)35-12-18-42-46(24-35)56(68)60(54(42)66)37-15-21-51(72-2)48(63)26-37/h3-21,23-27,38,52,61-64H,22,28-30H2,1-2H3. The summed E-state index contributed by atoms with van der Waals surface area (Å²) in [7, 11) is 2.73. The SMILES string of the molecule is COc1ccc(N2C(=O)c3ccc(C(=O)OCC(O)COc4ccc5cccc(Cc6c(OC(O)COC(=O)c7ccc8c(c7)C(=O)N(c7ccc(OC)c(O)c7)C8=O)ccc7ccccc67)c5c4)cc3C2=O)cc1O. The maximum Gasteiger partial charge on any atom is 0.338 e. The fourth-order valence-electron chi connectivity index (χ4n) is 9.11. The highest BCUT2D eigenvalue weighted by molar-refractivity contribution is 6.35. The van der Waals surface area contributed by atoms with Crippen LogP contribution in [0.25, 0.3) is 21.5 Å². The summed E-state index contributed by atoms with van der Waals surface area (Å²) in [4.78, 5) is 81.3. The van der Waals surface area contributed by atoms with Crippen molar-refractivity contribution in [3.8, 4) is 34.5 Å². The zero-order chi connectivity index (χ0) is 53.4. The van der Waals surface area contributed by atoms with E-state index in [1.807, 2.05) is 60.7 Å². The summed E-state index contributed by atoms with van der Waals surface area (Å²) in [5.41, 5.74) is 1.74. The van der Waals surface area contributed by atoms with Crippen molar-refractivity contribution in [2.45, 2.75) is 18.8 Å². The summed E-state index contributed by atoms with van der Waals surface area (Å²) in [6.45, 7) is -1.31. The van der Waals surface area contributed by atoms with E-state index >= 15 is 0 Å². The molecule has 0 bridgehead atoms. The lowest BCUT2D eigenvalue weighted by atomic mass is 9.94. The lowest BCUT2D eigenvalue weighted by Crippen LogP contribution is -2.29. The van der Waals surface area contributed by atoms with Crippen LogP contribution in [0.3, 0.4) is 0 Å². The van der Waals surface area contributed by atoms with Gasteiger partial charge in [-0.15, -0.1) is 0 Å². The minimum Gasteiger partial charge on any atom is -0.504 e. The molecule has 0 saturated carbocycles. The summed E-state index contributed by atoms with van der Waals surface area (Å²) in [6, 6.07) is 38.3. The number of aliphatic hydroxyl groups excluding tert-OH is 2. The highest BCUT2D eigenvalue weighted by Gasteiger charge is 2.39. The van der Waals surface area contributed by atoms with Crippen LogP contribution in [0.2, 0.25) is 0 Å². The topological polar surface area (TPSA) is 245 Å². The van der Waals surface area contributed by atoms with E-state index in [-0.39, 0.29) is 74.4 Å². The Kier molecular flexibility index (Phi) is 13.5. The lowest BCUT2D eigenvalue weighted by molar-refractivity contribution is -0.0639. The molecule has 0 fully saturated rings. The summed E-state index contributed by atoms with van der Waals surface area (Å²) in [5.74, 6) is -3.95. The van der Waals surface area contributed by atoms with Crippen LogP contribution in [-0.4, -0.2) is 102 Å². The number of benzene rings is 8. The Morgan fingerprint density at radius 2 is 1.04 bits per heavy atom. The highest BCUT2D eigenvalue weighted by atomic mass is 16.6. The molecule has 0 saturated heterocycles. The molecule has 2 unspecified atom stereocenters. The smallest absolute Gasteiger partial charge is 0.338 e. The number of fused-ring (bicyclic) bond motifs is 4. The van der Waals surface area contributed by atoms with E-state index in [0.717, 1.165) is 36.9 Å². The highest BCUT2D eigenvalue weighted by Crippen LogP contribution is 2.38. The largest absolute Gasteiger partial charge is 0.504 e. The van der Waals surface area contributed by atoms with E-state index in [9.17, 15) is 49.2 Å². The molecule has 10 rings (SSSR count). The van der Waals surface area contributed by atoms with Gasteiger partial charge in [0.15, 0.2) is 29.6 Å². The van der Waals surface area contributed by atoms with Gasteiger partial charge in [-0.05, 0) is 106 Å². The van der Waals surface area contributed by atoms with Gasteiger partial charge in [0.1, 0.15) is 30.8 Å². The fourth-order valence-corrected chi connectivity index (χ4v) is 9.11. The molecule has 0 spiro atoms. The number of anilines is 2. The second-order valence-electron chi connectivity index (χ2n) is 17.6. The van der Waals surface area contributed by atoms with Crippen molar-refractivity contribution in [1.82, 2.24) is 0 Å². The van der Waals surface area contributed by atoms with Crippen molar-refractivity contribution in [2.75, 3.05) is 43.8 Å². The van der Waals surface area contributed by atoms with Crippen LogP contribution >= 0.6 is 0 Å². The maximum atomic E-state index is 13.4. The molecule has 0 aromatic heterocycles. The normalized spacial score (nSPS) is 13.6. The monoisotopic (exact) mass is 1020 g/mol. The molecule has 0 radical (unpaired) electrons. The molecule has 76 heavy (non-hydrogen) atoms. The van der Waals surface area contributed by atoms with Crippen LogP contribution in [-0.2, 0) is 15.9 Å². The second-order valence-corrected chi connectivity index (χ2v) is 17.6. The number of methoxy groups -OCH3 is 2.